The first-order valence-corrected chi connectivity index (χ1v) is 10.2. The van der Waals surface area contributed by atoms with Crippen molar-refractivity contribution in [2.24, 2.45) is 0 Å². The lowest BCUT2D eigenvalue weighted by Crippen LogP contribution is -2.17. The van der Waals surface area contributed by atoms with Crippen LogP contribution in [-0.2, 0) is 14.8 Å². The van der Waals surface area contributed by atoms with Gasteiger partial charge in [0.25, 0.3) is 21.0 Å². The van der Waals surface area contributed by atoms with Crippen LogP contribution in [0, 0.1) is 13.8 Å². The molecule has 0 atom stereocenters. The second-order valence-electron chi connectivity index (χ2n) is 5.64. The molecule has 1 aromatic carbocycles. The topological polar surface area (TPSA) is 116 Å². The number of benzene rings is 1. The van der Waals surface area contributed by atoms with Crippen molar-refractivity contribution in [3.63, 3.8) is 0 Å². The Hall–Kier alpha value is -2.53. The molecule has 0 spiro atoms. The molecule has 0 unspecified atom stereocenters. The van der Waals surface area contributed by atoms with Crippen LogP contribution >= 0.6 is 15.9 Å². The molecule has 2 aromatic heterocycles. The zero-order chi connectivity index (χ0) is 19.8. The fraction of sp³-hybridized carbons (Fsp3) is 0.250. The summed E-state index contributed by atoms with van der Waals surface area (Å²) in [5, 5.41) is 3.59. The molecule has 0 saturated carbocycles. The number of hydrogen-bond donors (Lipinski definition) is 1. The summed E-state index contributed by atoms with van der Waals surface area (Å²) in [6.45, 7) is 5.36. The summed E-state index contributed by atoms with van der Waals surface area (Å²) >= 11 is 3.29. The average Bonchev–Trinajstić information content (AvgIpc) is 3.05. The molecule has 142 valence electrons. The first-order valence-electron chi connectivity index (χ1n) is 7.92. The van der Waals surface area contributed by atoms with Crippen molar-refractivity contribution in [2.45, 2.75) is 25.9 Å². The molecular weight excluding hydrogens is 438 g/mol. The highest BCUT2D eigenvalue weighted by Gasteiger charge is 2.25. The molecule has 11 heteroatoms. The van der Waals surface area contributed by atoms with Gasteiger partial charge in [0.1, 0.15) is 0 Å². The summed E-state index contributed by atoms with van der Waals surface area (Å²) in [5.74, 6) is -0.387. The fourth-order valence-electron chi connectivity index (χ4n) is 2.35. The Labute approximate surface area is 164 Å². The summed E-state index contributed by atoms with van der Waals surface area (Å²) in [4.78, 5) is 20.0. The highest BCUT2D eigenvalue weighted by Crippen LogP contribution is 2.32. The van der Waals surface area contributed by atoms with Gasteiger partial charge in [0.2, 0.25) is 0 Å². The number of sulfonamides is 1. The number of aryl methyl sites for hydroxylation is 2. The van der Waals surface area contributed by atoms with E-state index in [1.165, 1.54) is 10.7 Å². The number of rotatable bonds is 5. The van der Waals surface area contributed by atoms with Crippen LogP contribution in [-0.4, -0.2) is 40.6 Å². The van der Waals surface area contributed by atoms with Gasteiger partial charge >= 0.3 is 5.97 Å². The van der Waals surface area contributed by atoms with E-state index in [0.717, 1.165) is 0 Å². The van der Waals surface area contributed by atoms with Gasteiger partial charge in [0.05, 0.1) is 22.3 Å². The van der Waals surface area contributed by atoms with Crippen LogP contribution < -0.4 is 4.72 Å². The number of nitrogens with one attached hydrogen (secondary N) is 1. The standard InChI is InChI=1S/C16H16BrN5O4S/c1-4-26-14(23)11-6-5-9(2)13(12(11)17)21-27(24,25)16-19-15-18-8-7-10(3)22(15)20-16/h5-8,21H,4H2,1-3H3. The summed E-state index contributed by atoms with van der Waals surface area (Å²) in [6, 6.07) is 4.87. The van der Waals surface area contributed by atoms with Crippen molar-refractivity contribution < 1.29 is 17.9 Å². The van der Waals surface area contributed by atoms with Gasteiger partial charge in [0, 0.05) is 11.9 Å². The van der Waals surface area contributed by atoms with Crippen LogP contribution in [0.4, 0.5) is 5.69 Å². The summed E-state index contributed by atoms with van der Waals surface area (Å²) in [7, 11) is -4.11. The Morgan fingerprint density at radius 1 is 1.30 bits per heavy atom. The maximum atomic E-state index is 12.8. The van der Waals surface area contributed by atoms with Crippen molar-refractivity contribution in [1.82, 2.24) is 19.6 Å². The number of carbonyl (C=O) groups is 1. The minimum Gasteiger partial charge on any atom is -0.462 e. The second kappa shape index (κ2) is 7.24. The van der Waals surface area contributed by atoms with Crippen molar-refractivity contribution in [1.29, 1.82) is 0 Å². The van der Waals surface area contributed by atoms with Gasteiger partial charge in [-0.15, -0.1) is 5.10 Å². The largest absolute Gasteiger partial charge is 0.462 e. The smallest absolute Gasteiger partial charge is 0.339 e. The number of ether oxygens (including phenoxy) is 1. The molecule has 0 bridgehead atoms. The molecule has 0 radical (unpaired) electrons. The fourth-order valence-corrected chi connectivity index (χ4v) is 4.20. The Morgan fingerprint density at radius 3 is 2.70 bits per heavy atom. The molecule has 27 heavy (non-hydrogen) atoms. The third kappa shape index (κ3) is 3.65. The van der Waals surface area contributed by atoms with E-state index in [1.54, 1.807) is 39.0 Å². The van der Waals surface area contributed by atoms with Crippen molar-refractivity contribution in [2.75, 3.05) is 11.3 Å². The first-order chi connectivity index (χ1) is 12.7. The second-order valence-corrected chi connectivity index (χ2v) is 8.01. The Morgan fingerprint density at radius 2 is 2.04 bits per heavy atom. The van der Waals surface area contributed by atoms with Crippen LogP contribution in [0.1, 0.15) is 28.5 Å². The van der Waals surface area contributed by atoms with E-state index >= 15 is 0 Å². The minimum absolute atomic E-state index is 0.173. The number of anilines is 1. The zero-order valence-corrected chi connectivity index (χ0v) is 17.1. The molecule has 9 nitrogen and oxygen atoms in total. The lowest BCUT2D eigenvalue weighted by molar-refractivity contribution is 0.0525. The highest BCUT2D eigenvalue weighted by atomic mass is 79.9. The summed E-state index contributed by atoms with van der Waals surface area (Å²) in [5.41, 5.74) is 1.72. The predicted molar refractivity (Wildman–Crippen MR) is 101 cm³/mol. The molecule has 2 heterocycles. The van der Waals surface area contributed by atoms with E-state index in [1.807, 2.05) is 0 Å². The number of hydrogen-bond acceptors (Lipinski definition) is 7. The zero-order valence-electron chi connectivity index (χ0n) is 14.7. The van der Waals surface area contributed by atoms with Gasteiger partial charge in [-0.25, -0.2) is 14.3 Å². The third-order valence-corrected chi connectivity index (χ3v) is 5.68. The van der Waals surface area contributed by atoms with Crippen LogP contribution in [0.2, 0.25) is 0 Å². The molecule has 0 amide bonds. The van der Waals surface area contributed by atoms with Gasteiger partial charge in [-0.2, -0.15) is 13.4 Å². The number of nitrogens with zero attached hydrogens (tertiary/aromatic N) is 4. The van der Waals surface area contributed by atoms with E-state index in [2.05, 4.69) is 35.7 Å². The van der Waals surface area contributed by atoms with Crippen molar-refractivity contribution >= 4 is 43.4 Å². The monoisotopic (exact) mass is 453 g/mol. The lowest BCUT2D eigenvalue weighted by Gasteiger charge is -2.13. The number of fused-ring (bicyclic) bond motifs is 1. The van der Waals surface area contributed by atoms with E-state index in [0.29, 0.717) is 11.3 Å². The number of esters is 1. The van der Waals surface area contributed by atoms with Crippen molar-refractivity contribution in [3.05, 3.63) is 45.7 Å². The van der Waals surface area contributed by atoms with E-state index in [9.17, 15) is 13.2 Å². The predicted octanol–water partition coefficient (Wildman–Crippen LogP) is 2.48. The van der Waals surface area contributed by atoms with Gasteiger partial charge in [-0.1, -0.05) is 6.07 Å². The first kappa shape index (κ1) is 19.2. The number of halogens is 1. The quantitative estimate of drug-likeness (QED) is 0.589. The molecule has 3 rings (SSSR count). The average molecular weight is 454 g/mol. The van der Waals surface area contributed by atoms with Crippen LogP contribution in [0.5, 0.6) is 0 Å². The van der Waals surface area contributed by atoms with Crippen LogP contribution in [0.3, 0.4) is 0 Å². The van der Waals surface area contributed by atoms with E-state index in [4.69, 9.17) is 4.74 Å². The number of carbonyl (C=O) groups excluding carboxylic acids is 1. The summed E-state index contributed by atoms with van der Waals surface area (Å²) < 4.78 is 34.6. The van der Waals surface area contributed by atoms with Gasteiger partial charge in [-0.3, -0.25) is 4.72 Å². The normalized spacial score (nSPS) is 11.6. The molecule has 0 fully saturated rings. The van der Waals surface area contributed by atoms with Crippen LogP contribution in [0.25, 0.3) is 5.78 Å². The Bertz CT molecular complexity index is 1140. The minimum atomic E-state index is -4.11. The van der Waals surface area contributed by atoms with Gasteiger partial charge in [-0.05, 0) is 54.4 Å². The van der Waals surface area contributed by atoms with E-state index < -0.39 is 21.1 Å². The lowest BCUT2D eigenvalue weighted by atomic mass is 10.1. The highest BCUT2D eigenvalue weighted by molar-refractivity contribution is 9.10. The molecule has 0 saturated heterocycles. The molecular formula is C16H16BrN5O4S. The Balaban J connectivity index is 2.03. The number of aromatic nitrogens is 4. The molecule has 0 aliphatic carbocycles. The van der Waals surface area contributed by atoms with Gasteiger partial charge in [0.15, 0.2) is 0 Å². The van der Waals surface area contributed by atoms with Crippen LogP contribution in [0.15, 0.2) is 34.0 Å². The maximum Gasteiger partial charge on any atom is 0.339 e. The maximum absolute atomic E-state index is 12.8. The third-order valence-electron chi connectivity index (χ3n) is 3.73. The SMILES string of the molecule is CCOC(=O)c1ccc(C)c(NS(=O)(=O)c2nc3nccc(C)n3n2)c1Br. The molecule has 3 aromatic rings. The summed E-state index contributed by atoms with van der Waals surface area (Å²) in [6.07, 6.45) is 1.52. The van der Waals surface area contributed by atoms with E-state index in [-0.39, 0.29) is 28.1 Å². The molecule has 1 N–H and O–H groups in total. The molecule has 0 aliphatic rings. The Kier molecular flexibility index (Phi) is 5.16. The van der Waals surface area contributed by atoms with Gasteiger partial charge < -0.3 is 4.74 Å². The molecule has 0 aliphatic heterocycles. The van der Waals surface area contributed by atoms with Crippen molar-refractivity contribution in [3.8, 4) is 0 Å².